The normalized spacial score (nSPS) is 35.1. The molecule has 3 heterocycles. The fourth-order valence-electron chi connectivity index (χ4n) is 10.3. The summed E-state index contributed by atoms with van der Waals surface area (Å²) in [6.07, 6.45) is -10.5. The van der Waals surface area contributed by atoms with Gasteiger partial charge in [-0.25, -0.2) is 0 Å². The van der Waals surface area contributed by atoms with Crippen LogP contribution in [-0.4, -0.2) is 184 Å². The maximum Gasteiger partial charge on any atom is 0.309 e. The van der Waals surface area contributed by atoms with Gasteiger partial charge in [-0.15, -0.1) is 0 Å². The van der Waals surface area contributed by atoms with Crippen LogP contribution in [0.15, 0.2) is 30.3 Å². The second kappa shape index (κ2) is 27.9. The first-order valence-corrected chi connectivity index (χ1v) is 24.8. The van der Waals surface area contributed by atoms with Crippen LogP contribution in [0.2, 0.25) is 0 Å². The van der Waals surface area contributed by atoms with Crippen molar-refractivity contribution >= 4 is 23.9 Å². The Bertz CT molecular complexity index is 1860. The lowest BCUT2D eigenvalue weighted by atomic mass is 9.70. The molecular formula is C52H82N2O16. The number of benzene rings is 1. The van der Waals surface area contributed by atoms with E-state index in [-0.39, 0.29) is 44.6 Å². The third-order valence-electron chi connectivity index (χ3n) is 13.8. The molecule has 70 heavy (non-hydrogen) atoms. The second-order valence-corrected chi connectivity index (χ2v) is 19.5. The van der Waals surface area contributed by atoms with Gasteiger partial charge < -0.3 is 62.5 Å². The van der Waals surface area contributed by atoms with Crippen molar-refractivity contribution in [1.82, 2.24) is 9.80 Å². The van der Waals surface area contributed by atoms with E-state index >= 15 is 0 Å². The number of aliphatic hydroxyl groups is 2. The summed E-state index contributed by atoms with van der Waals surface area (Å²) in [7, 11) is 8.11. The number of carbonyl (C=O) groups excluding carboxylic acids is 4. The van der Waals surface area contributed by atoms with E-state index in [2.05, 4.69) is 11.8 Å². The Balaban J connectivity index is 1.81. The van der Waals surface area contributed by atoms with Crippen LogP contribution in [0.25, 0.3) is 0 Å². The minimum Gasteiger partial charge on any atom is -0.463 e. The molecule has 0 amide bonds. The average Bonchev–Trinajstić information content (AvgIpc) is 3.30. The van der Waals surface area contributed by atoms with E-state index in [1.54, 1.807) is 48.7 Å². The highest BCUT2D eigenvalue weighted by Gasteiger charge is 2.56. The molecule has 3 aliphatic heterocycles. The molecule has 0 saturated carbocycles. The monoisotopic (exact) mass is 991 g/mol. The molecule has 4 rings (SSSR count). The van der Waals surface area contributed by atoms with Gasteiger partial charge in [0.2, 0.25) is 0 Å². The van der Waals surface area contributed by atoms with Crippen LogP contribution in [-0.2, 0) is 66.5 Å². The van der Waals surface area contributed by atoms with E-state index < -0.39 is 121 Å². The van der Waals surface area contributed by atoms with Crippen molar-refractivity contribution in [2.45, 2.75) is 186 Å². The highest BCUT2D eigenvalue weighted by atomic mass is 16.7. The standard InChI is InChI=1S/C52H82N2O16/c1-14-40(57)67-39-28-42(59)64-32(4)23-25-54(24-19-22-36-20-17-16-18-21-36)30-38(56)31(3)26-37(27-43(61-11)62-12)45(49(39)63-13)50-47(60)46(53(9)10)48(33(5)66-50)69-44-29-52(8,70-35(7)55)51(34(6)65-44)68-41(58)15-2/h16-18,20-21,31-34,37-39,43-51,56,60H,14-15,23-30H2,1-13H3/t31-,32-,33-,34+,37-,38+,39-,44-,45+,46-,47-,48-,49-,50+,51+,52-/m1/s1. The zero-order valence-corrected chi connectivity index (χ0v) is 43.7. The maximum atomic E-state index is 14.0. The minimum absolute atomic E-state index is 0.00950. The van der Waals surface area contributed by atoms with Gasteiger partial charge in [-0.2, -0.15) is 0 Å². The summed E-state index contributed by atoms with van der Waals surface area (Å²) >= 11 is 0. The highest BCUT2D eigenvalue weighted by molar-refractivity contribution is 5.73. The Labute approximate surface area is 415 Å². The molecular weight excluding hydrogens is 909 g/mol. The molecule has 2 N–H and O–H groups in total. The third-order valence-corrected chi connectivity index (χ3v) is 13.8. The van der Waals surface area contributed by atoms with Crippen LogP contribution in [0.3, 0.4) is 0 Å². The maximum absolute atomic E-state index is 14.0. The number of aliphatic hydroxyl groups excluding tert-OH is 2. The Morgan fingerprint density at radius 2 is 1.60 bits per heavy atom. The number of esters is 4. The first kappa shape index (κ1) is 58.8. The number of nitrogens with zero attached hydrogens (tertiary/aromatic N) is 2. The van der Waals surface area contributed by atoms with Crippen LogP contribution < -0.4 is 0 Å². The van der Waals surface area contributed by atoms with Gasteiger partial charge in [0.05, 0.1) is 49.5 Å². The fourth-order valence-corrected chi connectivity index (χ4v) is 10.3. The van der Waals surface area contributed by atoms with Gasteiger partial charge in [-0.1, -0.05) is 50.8 Å². The molecule has 0 unspecified atom stereocenters. The van der Waals surface area contributed by atoms with Crippen molar-refractivity contribution in [2.75, 3.05) is 55.1 Å². The molecule has 16 atom stereocenters. The van der Waals surface area contributed by atoms with E-state index in [1.807, 2.05) is 54.0 Å². The van der Waals surface area contributed by atoms with Gasteiger partial charge >= 0.3 is 23.9 Å². The van der Waals surface area contributed by atoms with Gasteiger partial charge in [0, 0.05) is 78.5 Å². The molecule has 0 bridgehead atoms. The fraction of sp³-hybridized carbons (Fsp3) is 0.769. The quantitative estimate of drug-likeness (QED) is 0.109. The zero-order chi connectivity index (χ0) is 51.9. The molecule has 1 aromatic rings. The van der Waals surface area contributed by atoms with Gasteiger partial charge in [0.1, 0.15) is 24.4 Å². The van der Waals surface area contributed by atoms with Crippen molar-refractivity contribution in [3.8, 4) is 11.8 Å². The first-order valence-electron chi connectivity index (χ1n) is 24.8. The minimum atomic E-state index is -1.33. The van der Waals surface area contributed by atoms with Crippen molar-refractivity contribution in [2.24, 2.45) is 17.8 Å². The summed E-state index contributed by atoms with van der Waals surface area (Å²) in [6, 6.07) is 8.85. The molecule has 3 aliphatic rings. The number of likely N-dealkylation sites (N-methyl/N-ethyl adjacent to an activating group) is 1. The Hall–Kier alpha value is -3.74. The number of methoxy groups -OCH3 is 3. The molecule has 0 aromatic heterocycles. The van der Waals surface area contributed by atoms with Crippen LogP contribution in [0.1, 0.15) is 106 Å². The van der Waals surface area contributed by atoms with Crippen LogP contribution in [0.5, 0.6) is 0 Å². The second-order valence-electron chi connectivity index (χ2n) is 19.5. The lowest BCUT2D eigenvalue weighted by molar-refractivity contribution is -0.320. The largest absolute Gasteiger partial charge is 0.463 e. The van der Waals surface area contributed by atoms with Crippen LogP contribution >= 0.6 is 0 Å². The third kappa shape index (κ3) is 16.4. The molecule has 0 radical (unpaired) electrons. The summed E-state index contributed by atoms with van der Waals surface area (Å²) in [6.45, 7) is 14.6. The average molecular weight is 991 g/mol. The molecule has 0 spiro atoms. The number of hydrogen-bond acceptors (Lipinski definition) is 18. The molecule has 18 heteroatoms. The predicted molar refractivity (Wildman–Crippen MR) is 257 cm³/mol. The van der Waals surface area contributed by atoms with Crippen molar-refractivity contribution < 1.29 is 76.8 Å². The summed E-state index contributed by atoms with van der Waals surface area (Å²) in [5.41, 5.74) is -0.463. The Kier molecular flexibility index (Phi) is 23.5. The number of ether oxygens (including phenoxy) is 10. The lowest BCUT2D eigenvalue weighted by Crippen LogP contribution is -2.67. The highest BCUT2D eigenvalue weighted by Crippen LogP contribution is 2.43. The topological polar surface area (TPSA) is 208 Å². The number of carbonyl (C=O) groups is 4. The van der Waals surface area contributed by atoms with Crippen LogP contribution in [0, 0.1) is 29.6 Å². The zero-order valence-electron chi connectivity index (χ0n) is 43.7. The lowest BCUT2D eigenvalue weighted by Gasteiger charge is -2.53. The van der Waals surface area contributed by atoms with E-state index in [4.69, 9.17) is 47.4 Å². The molecule has 18 nitrogen and oxygen atoms in total. The molecule has 1 aromatic carbocycles. The summed E-state index contributed by atoms with van der Waals surface area (Å²) < 4.78 is 61.7. The van der Waals surface area contributed by atoms with Gasteiger partial charge in [-0.3, -0.25) is 24.1 Å². The smallest absolute Gasteiger partial charge is 0.309 e. The number of β-amino-alcohol motifs (C(OH)–C–C–N with tert-alkyl or cyclic N) is 1. The summed E-state index contributed by atoms with van der Waals surface area (Å²) in [5.74, 6) is 2.42. The number of hydrogen-bond donors (Lipinski definition) is 2. The van der Waals surface area contributed by atoms with Gasteiger partial charge in [0.15, 0.2) is 24.3 Å². The number of rotatable bonds is 15. The number of cyclic esters (lactones) is 1. The van der Waals surface area contributed by atoms with E-state index in [1.165, 1.54) is 28.3 Å². The summed E-state index contributed by atoms with van der Waals surface area (Å²) in [4.78, 5) is 56.1. The summed E-state index contributed by atoms with van der Waals surface area (Å²) in [5, 5.41) is 25.0. The van der Waals surface area contributed by atoms with E-state index in [9.17, 15) is 29.4 Å². The van der Waals surface area contributed by atoms with Crippen LogP contribution in [0.4, 0.5) is 0 Å². The SMILES string of the molecule is CCC(=O)O[C@@H]1CC(=O)O[C@H](C)CCN(CC#Cc2ccccc2)C[C@H](O)[C@H](C)C[C@H](CC(OC)OC)[C@H]([C@@H]2O[C@H](C)[C@@H](O[C@@H]3C[C@@](C)(OC(C)=O)[C@@H](OC(=O)CC)[C@H](C)O3)[C@H](N(C)C)[C@H]2O)[C@@H]1OC. The van der Waals surface area contributed by atoms with Gasteiger partial charge in [-0.05, 0) is 78.6 Å². The molecule has 3 fully saturated rings. The molecule has 396 valence electrons. The van der Waals surface area contributed by atoms with Gasteiger partial charge in [0.25, 0.3) is 0 Å². The molecule has 0 aliphatic carbocycles. The van der Waals surface area contributed by atoms with E-state index in [0.29, 0.717) is 25.9 Å². The van der Waals surface area contributed by atoms with Crippen molar-refractivity contribution in [3.05, 3.63) is 35.9 Å². The Morgan fingerprint density at radius 3 is 2.20 bits per heavy atom. The molecule has 3 saturated heterocycles. The van der Waals surface area contributed by atoms with Crippen molar-refractivity contribution in [1.29, 1.82) is 0 Å². The predicted octanol–water partition coefficient (Wildman–Crippen LogP) is 4.27. The first-order chi connectivity index (χ1) is 33.2. The van der Waals surface area contributed by atoms with Crippen molar-refractivity contribution in [3.63, 3.8) is 0 Å². The Morgan fingerprint density at radius 1 is 0.943 bits per heavy atom. The van der Waals surface area contributed by atoms with E-state index in [0.717, 1.165) is 5.56 Å².